The van der Waals surface area contributed by atoms with Gasteiger partial charge in [0.25, 0.3) is 0 Å². The van der Waals surface area contributed by atoms with E-state index in [0.29, 0.717) is 76.8 Å². The third-order valence-corrected chi connectivity index (χ3v) is 20.1. The van der Waals surface area contributed by atoms with Crippen molar-refractivity contribution in [2.45, 2.75) is 165 Å². The topological polar surface area (TPSA) is 151 Å². The number of hydrogen-bond donors (Lipinski definition) is 4. The number of anilines is 2. The van der Waals surface area contributed by atoms with E-state index >= 15 is 0 Å². The Labute approximate surface area is 413 Å². The second-order valence-electron chi connectivity index (χ2n) is 23.2. The quantitative estimate of drug-likeness (QED) is 0.107. The normalized spacial score (nSPS) is 29.4. The average molecular weight is 963 g/mol. The highest BCUT2D eigenvalue weighted by Crippen LogP contribution is 2.66. The van der Waals surface area contributed by atoms with E-state index in [4.69, 9.17) is 10.1 Å². The van der Waals surface area contributed by atoms with Crippen molar-refractivity contribution in [2.75, 3.05) is 10.6 Å². The number of benzene rings is 2. The summed E-state index contributed by atoms with van der Waals surface area (Å²) in [6.45, 7) is 14.0. The van der Waals surface area contributed by atoms with Gasteiger partial charge in [-0.3, -0.25) is 19.4 Å². The van der Waals surface area contributed by atoms with Crippen LogP contribution in [-0.4, -0.2) is 46.9 Å². The van der Waals surface area contributed by atoms with Gasteiger partial charge in [-0.1, -0.05) is 76.3 Å². The highest BCUT2D eigenvalue weighted by atomic mass is 32.1. The molecule has 0 bridgehead atoms. The van der Waals surface area contributed by atoms with Crippen LogP contribution in [0.3, 0.4) is 0 Å². The molecule has 6 aromatic rings. The van der Waals surface area contributed by atoms with Crippen molar-refractivity contribution in [3.05, 3.63) is 121 Å². The van der Waals surface area contributed by atoms with Crippen LogP contribution >= 0.6 is 22.7 Å². The number of carbonyl (C=O) groups is 2. The number of amides is 2. The Bertz CT molecular complexity index is 2980. The molecule has 360 valence electrons. The Kier molecular flexibility index (Phi) is 10.9. The fraction of sp³-hybridized carbons (Fsp3) is 0.536. The number of aromatic amines is 1. The zero-order chi connectivity index (χ0) is 47.6. The molecule has 69 heavy (non-hydrogen) atoms. The molecule has 13 heteroatoms. The number of phenols is 1. The summed E-state index contributed by atoms with van der Waals surface area (Å²) in [5.41, 5.74) is 11.6. The molecule has 0 aliphatic heterocycles. The number of hydrogen-bond acceptors (Lipinski definition) is 9. The van der Waals surface area contributed by atoms with Crippen LogP contribution in [0.4, 0.5) is 10.3 Å². The Hall–Kier alpha value is -5.14. The molecule has 4 heterocycles. The van der Waals surface area contributed by atoms with Crippen LogP contribution in [0.2, 0.25) is 0 Å². The zero-order valence-electron chi connectivity index (χ0n) is 40.9. The van der Waals surface area contributed by atoms with Crippen molar-refractivity contribution in [3.8, 4) is 5.75 Å². The van der Waals surface area contributed by atoms with Gasteiger partial charge in [0.05, 0.1) is 18.4 Å². The molecule has 10 atom stereocenters. The van der Waals surface area contributed by atoms with Crippen molar-refractivity contribution < 1.29 is 14.7 Å². The SMILES string of the molecule is Cc1cnc(NC(=O)CCC2c3cn(Cc4cnc(NC(=O)CCC5c6cn[nH]c6C6(C)CCC7c8ccccc8CCC7C56)s4)nc3C3(C)CCC4c5cc(C(C)(C)C)c(O)cc5CCC4C23)s1. The minimum absolute atomic E-state index is 0.00345. The van der Waals surface area contributed by atoms with Gasteiger partial charge in [-0.2, -0.15) is 10.2 Å². The van der Waals surface area contributed by atoms with E-state index in [9.17, 15) is 14.7 Å². The number of carbonyl (C=O) groups excluding carboxylic acids is 2. The van der Waals surface area contributed by atoms with E-state index in [0.717, 1.165) is 66.7 Å². The molecule has 2 aromatic carbocycles. The molecule has 2 amide bonds. The van der Waals surface area contributed by atoms with Crippen LogP contribution in [0.1, 0.15) is 183 Å². The first-order valence-electron chi connectivity index (χ1n) is 25.7. The van der Waals surface area contributed by atoms with Gasteiger partial charge in [-0.25, -0.2) is 9.97 Å². The lowest BCUT2D eigenvalue weighted by atomic mass is 9.53. The van der Waals surface area contributed by atoms with E-state index in [-0.39, 0.29) is 34.0 Å². The number of aromatic hydroxyl groups is 1. The van der Waals surface area contributed by atoms with Crippen LogP contribution in [0.25, 0.3) is 0 Å². The first-order chi connectivity index (χ1) is 33.2. The molecule has 10 unspecified atom stereocenters. The van der Waals surface area contributed by atoms with Crippen molar-refractivity contribution in [1.82, 2.24) is 29.9 Å². The number of aromatic nitrogens is 6. The fourth-order valence-corrected chi connectivity index (χ4v) is 17.1. The Balaban J connectivity index is 0.754. The molecule has 2 fully saturated rings. The van der Waals surface area contributed by atoms with Crippen LogP contribution in [0.15, 0.2) is 61.2 Å². The number of rotatable bonds is 10. The minimum atomic E-state index is -0.161. The largest absolute Gasteiger partial charge is 0.508 e. The maximum atomic E-state index is 13.8. The number of H-pyrrole nitrogens is 1. The molecule has 6 aliphatic carbocycles. The summed E-state index contributed by atoms with van der Waals surface area (Å²) in [6.07, 6.45) is 19.1. The van der Waals surface area contributed by atoms with Gasteiger partial charge in [0.15, 0.2) is 10.3 Å². The molecule has 2 saturated carbocycles. The third kappa shape index (κ3) is 7.53. The van der Waals surface area contributed by atoms with Crippen LogP contribution in [-0.2, 0) is 45.2 Å². The molecule has 0 radical (unpaired) electrons. The number of nitrogens with zero attached hydrogens (tertiary/aromatic N) is 5. The smallest absolute Gasteiger partial charge is 0.226 e. The van der Waals surface area contributed by atoms with Crippen molar-refractivity contribution in [3.63, 3.8) is 0 Å². The summed E-state index contributed by atoms with van der Waals surface area (Å²) in [6, 6.07) is 13.5. The molecular formula is C56H66N8O3S2. The highest BCUT2D eigenvalue weighted by Gasteiger charge is 2.60. The summed E-state index contributed by atoms with van der Waals surface area (Å²) in [7, 11) is 0. The molecule has 12 rings (SSSR count). The predicted molar refractivity (Wildman–Crippen MR) is 273 cm³/mol. The fourth-order valence-electron chi connectivity index (χ4n) is 15.6. The second kappa shape index (κ2) is 16.7. The molecule has 4 N–H and O–H groups in total. The first-order valence-corrected chi connectivity index (χ1v) is 27.3. The summed E-state index contributed by atoms with van der Waals surface area (Å²) in [5, 5.41) is 32.1. The lowest BCUT2D eigenvalue weighted by Gasteiger charge is -2.51. The maximum Gasteiger partial charge on any atom is 0.226 e. The first kappa shape index (κ1) is 45.0. The van der Waals surface area contributed by atoms with Gasteiger partial charge in [0, 0.05) is 57.7 Å². The molecule has 11 nitrogen and oxygen atoms in total. The lowest BCUT2D eigenvalue weighted by Crippen LogP contribution is -2.45. The van der Waals surface area contributed by atoms with Gasteiger partial charge >= 0.3 is 0 Å². The van der Waals surface area contributed by atoms with E-state index < -0.39 is 0 Å². The Morgan fingerprint density at radius 1 is 0.797 bits per heavy atom. The summed E-state index contributed by atoms with van der Waals surface area (Å²) in [5.74, 6) is 3.75. The zero-order valence-corrected chi connectivity index (χ0v) is 42.5. The van der Waals surface area contributed by atoms with Crippen molar-refractivity contribution in [2.24, 2.45) is 23.7 Å². The molecule has 0 saturated heterocycles. The molecule has 4 aromatic heterocycles. The lowest BCUT2D eigenvalue weighted by molar-refractivity contribution is -0.117. The Morgan fingerprint density at radius 2 is 1.45 bits per heavy atom. The average Bonchev–Trinajstić information content (AvgIpc) is 4.19. The summed E-state index contributed by atoms with van der Waals surface area (Å²) in [4.78, 5) is 38.6. The predicted octanol–water partition coefficient (Wildman–Crippen LogP) is 11.9. The molecule has 6 aliphatic rings. The van der Waals surface area contributed by atoms with E-state index in [1.807, 2.05) is 25.4 Å². The number of thiazole rings is 2. The van der Waals surface area contributed by atoms with Crippen LogP contribution < -0.4 is 10.6 Å². The minimum Gasteiger partial charge on any atom is -0.508 e. The van der Waals surface area contributed by atoms with Crippen LogP contribution in [0, 0.1) is 30.6 Å². The van der Waals surface area contributed by atoms with Gasteiger partial charge in [0.1, 0.15) is 5.75 Å². The number of fused-ring (bicyclic) bond motifs is 14. The second-order valence-corrected chi connectivity index (χ2v) is 25.6. The van der Waals surface area contributed by atoms with Crippen molar-refractivity contribution in [1.29, 1.82) is 0 Å². The maximum absolute atomic E-state index is 13.8. The molecular weight excluding hydrogens is 897 g/mol. The number of phenolic OH excluding ortho intramolecular Hbond substituents is 1. The van der Waals surface area contributed by atoms with Crippen molar-refractivity contribution >= 4 is 44.8 Å². The van der Waals surface area contributed by atoms with E-state index in [1.165, 1.54) is 74.7 Å². The third-order valence-electron chi connectivity index (χ3n) is 18.4. The summed E-state index contributed by atoms with van der Waals surface area (Å²) >= 11 is 3.04. The van der Waals surface area contributed by atoms with E-state index in [2.05, 4.69) is 102 Å². The van der Waals surface area contributed by atoms with Gasteiger partial charge in [0.2, 0.25) is 11.8 Å². The standard InChI is InChI=1S/C56H66N8O3S2/c1-30-25-57-52(68-30)60-46(66)18-16-40-43-29-64(63-51(43)56(6)22-20-36-38(49(40)56)14-12-32-23-45(65)44(24-41(32)36)54(2,3)4)28-33-26-58-53(69-33)61-47(67)17-15-39-42-27-59-62-50(42)55(5)21-19-35-34-10-8-7-9-31(34)11-13-37(35)48(39)55/h7-10,23-27,29,35-40,48-49,65H,11-22,28H2,1-6H3,(H,59,62)(H,57,60,66)(H,58,61,67). The van der Waals surface area contributed by atoms with Gasteiger partial charge in [-0.05, 0) is 169 Å². The number of aryl methyl sites for hydroxylation is 3. The monoisotopic (exact) mass is 962 g/mol. The van der Waals surface area contributed by atoms with Crippen LogP contribution in [0.5, 0.6) is 5.75 Å². The molecule has 0 spiro atoms. The number of nitrogens with one attached hydrogen (secondary N) is 3. The van der Waals surface area contributed by atoms with Gasteiger partial charge < -0.3 is 15.7 Å². The van der Waals surface area contributed by atoms with Gasteiger partial charge in [-0.15, -0.1) is 11.3 Å². The van der Waals surface area contributed by atoms with E-state index in [1.54, 1.807) is 11.8 Å². The highest BCUT2D eigenvalue weighted by molar-refractivity contribution is 7.16. The summed E-state index contributed by atoms with van der Waals surface area (Å²) < 4.78 is 2.08. The Morgan fingerprint density at radius 3 is 2.17 bits per heavy atom.